The summed E-state index contributed by atoms with van der Waals surface area (Å²) >= 11 is 0. The van der Waals surface area contributed by atoms with Crippen LogP contribution in [0, 0.1) is 10.1 Å². The van der Waals surface area contributed by atoms with Crippen molar-refractivity contribution in [2.24, 2.45) is 0 Å². The molecule has 1 heterocycles. The van der Waals surface area contributed by atoms with E-state index in [2.05, 4.69) is 17.3 Å². The smallest absolute Gasteiger partial charge is 0.310 e. The van der Waals surface area contributed by atoms with E-state index in [4.69, 9.17) is 14.2 Å². The van der Waals surface area contributed by atoms with Crippen molar-refractivity contribution in [3.05, 3.63) is 64.2 Å². The summed E-state index contributed by atoms with van der Waals surface area (Å²) in [6, 6.07) is 14.0. The molecule has 2 aromatic rings. The SMILES string of the molecule is CN(CCOc1cccc(CNC(=O)COc2ccccc2[N+](=O)[O-])c1)C1CCOCC1. The van der Waals surface area contributed by atoms with Crippen LogP contribution in [-0.2, 0) is 16.1 Å². The average Bonchev–Trinajstić information content (AvgIpc) is 2.82. The highest BCUT2D eigenvalue weighted by molar-refractivity contribution is 5.77. The van der Waals surface area contributed by atoms with Crippen LogP contribution in [0.3, 0.4) is 0 Å². The molecular formula is C23H29N3O6. The first-order chi connectivity index (χ1) is 15.5. The molecule has 1 amide bonds. The molecule has 0 radical (unpaired) electrons. The Balaban J connectivity index is 1.40. The largest absolute Gasteiger partial charge is 0.492 e. The van der Waals surface area contributed by atoms with Gasteiger partial charge in [0.15, 0.2) is 12.4 Å². The number of hydrogen-bond donors (Lipinski definition) is 1. The van der Waals surface area contributed by atoms with Crippen LogP contribution in [0.25, 0.3) is 0 Å². The van der Waals surface area contributed by atoms with Gasteiger partial charge in [0.2, 0.25) is 0 Å². The fraction of sp³-hybridized carbons (Fsp3) is 0.435. The Morgan fingerprint density at radius 2 is 1.97 bits per heavy atom. The van der Waals surface area contributed by atoms with Crippen LogP contribution in [0.4, 0.5) is 5.69 Å². The van der Waals surface area contributed by atoms with Crippen LogP contribution >= 0.6 is 0 Å². The lowest BCUT2D eigenvalue weighted by Gasteiger charge is -2.31. The molecule has 32 heavy (non-hydrogen) atoms. The van der Waals surface area contributed by atoms with Crippen molar-refractivity contribution in [1.29, 1.82) is 0 Å². The number of rotatable bonds is 11. The number of nitro groups is 1. The second-order valence-electron chi connectivity index (χ2n) is 7.61. The fourth-order valence-electron chi connectivity index (χ4n) is 3.49. The second kappa shape index (κ2) is 12.0. The van der Waals surface area contributed by atoms with E-state index in [9.17, 15) is 14.9 Å². The Hall–Kier alpha value is -3.17. The predicted molar refractivity (Wildman–Crippen MR) is 119 cm³/mol. The molecular weight excluding hydrogens is 414 g/mol. The normalized spacial score (nSPS) is 14.2. The highest BCUT2D eigenvalue weighted by Crippen LogP contribution is 2.25. The van der Waals surface area contributed by atoms with Gasteiger partial charge in [-0.15, -0.1) is 0 Å². The summed E-state index contributed by atoms with van der Waals surface area (Å²) in [7, 11) is 2.11. The monoisotopic (exact) mass is 443 g/mol. The first kappa shape index (κ1) is 23.5. The molecule has 0 aromatic heterocycles. The second-order valence-corrected chi connectivity index (χ2v) is 7.61. The van der Waals surface area contributed by atoms with Gasteiger partial charge < -0.3 is 19.5 Å². The number of likely N-dealkylation sites (N-methyl/N-ethyl adjacent to an activating group) is 1. The molecule has 0 saturated carbocycles. The van der Waals surface area contributed by atoms with Gasteiger partial charge in [-0.1, -0.05) is 24.3 Å². The lowest BCUT2D eigenvalue weighted by molar-refractivity contribution is -0.385. The Morgan fingerprint density at radius 1 is 1.19 bits per heavy atom. The number of hydrogen-bond acceptors (Lipinski definition) is 7. The molecule has 1 aliphatic rings. The summed E-state index contributed by atoms with van der Waals surface area (Å²) in [6.45, 7) is 3.04. The Labute approximate surface area is 187 Å². The Kier molecular flexibility index (Phi) is 8.82. The first-order valence-corrected chi connectivity index (χ1v) is 10.7. The fourth-order valence-corrected chi connectivity index (χ4v) is 3.49. The number of nitrogens with zero attached hydrogens (tertiary/aromatic N) is 2. The molecule has 2 aromatic carbocycles. The number of nitrogens with one attached hydrogen (secondary N) is 1. The Morgan fingerprint density at radius 3 is 2.75 bits per heavy atom. The zero-order chi connectivity index (χ0) is 22.8. The van der Waals surface area contributed by atoms with Crippen LogP contribution in [0.15, 0.2) is 48.5 Å². The zero-order valence-corrected chi connectivity index (χ0v) is 18.2. The van der Waals surface area contributed by atoms with Gasteiger partial charge in [0.25, 0.3) is 5.91 Å². The van der Waals surface area contributed by atoms with Crippen molar-refractivity contribution < 1.29 is 23.9 Å². The third-order valence-electron chi connectivity index (χ3n) is 5.34. The first-order valence-electron chi connectivity index (χ1n) is 10.7. The van der Waals surface area contributed by atoms with Crippen molar-refractivity contribution in [2.45, 2.75) is 25.4 Å². The summed E-state index contributed by atoms with van der Waals surface area (Å²) in [5, 5.41) is 13.8. The van der Waals surface area contributed by atoms with Gasteiger partial charge in [0.1, 0.15) is 12.4 Å². The van der Waals surface area contributed by atoms with Crippen LogP contribution < -0.4 is 14.8 Å². The van der Waals surface area contributed by atoms with Crippen LogP contribution in [0.2, 0.25) is 0 Å². The van der Waals surface area contributed by atoms with E-state index in [0.717, 1.165) is 43.9 Å². The molecule has 1 fully saturated rings. The van der Waals surface area contributed by atoms with Crippen LogP contribution in [0.5, 0.6) is 11.5 Å². The van der Waals surface area contributed by atoms with E-state index in [0.29, 0.717) is 19.2 Å². The summed E-state index contributed by atoms with van der Waals surface area (Å²) in [6.07, 6.45) is 2.10. The van der Waals surface area contributed by atoms with E-state index in [1.54, 1.807) is 12.1 Å². The maximum atomic E-state index is 12.1. The topological polar surface area (TPSA) is 103 Å². The van der Waals surface area contributed by atoms with E-state index in [-0.39, 0.29) is 24.0 Å². The number of benzene rings is 2. The number of carbonyl (C=O) groups is 1. The lowest BCUT2D eigenvalue weighted by Crippen LogP contribution is -2.38. The third-order valence-corrected chi connectivity index (χ3v) is 5.34. The van der Waals surface area contributed by atoms with Gasteiger partial charge in [-0.25, -0.2) is 0 Å². The highest BCUT2D eigenvalue weighted by Gasteiger charge is 2.18. The van der Waals surface area contributed by atoms with E-state index >= 15 is 0 Å². The van der Waals surface area contributed by atoms with Crippen molar-refractivity contribution >= 4 is 11.6 Å². The molecule has 9 heteroatoms. The van der Waals surface area contributed by atoms with Gasteiger partial charge in [-0.2, -0.15) is 0 Å². The zero-order valence-electron chi connectivity index (χ0n) is 18.2. The number of amides is 1. The van der Waals surface area contributed by atoms with Crippen molar-refractivity contribution in [3.8, 4) is 11.5 Å². The molecule has 1 aliphatic heterocycles. The summed E-state index contributed by atoms with van der Waals surface area (Å²) in [5.74, 6) is 0.439. The van der Waals surface area contributed by atoms with Crippen molar-refractivity contribution in [2.75, 3.05) is 40.0 Å². The van der Waals surface area contributed by atoms with Gasteiger partial charge >= 0.3 is 5.69 Å². The van der Waals surface area contributed by atoms with Gasteiger partial charge in [-0.05, 0) is 43.7 Å². The standard InChI is InChI=1S/C23H29N3O6/c1-25(19-9-12-30-13-10-19)11-14-31-20-6-4-5-18(15-20)16-24-23(27)17-32-22-8-3-2-7-21(22)26(28)29/h2-8,15,19H,9-14,16-17H2,1H3,(H,24,27). The maximum absolute atomic E-state index is 12.1. The minimum atomic E-state index is -0.542. The number of carbonyl (C=O) groups excluding carboxylic acids is 1. The van der Waals surface area contributed by atoms with E-state index in [1.165, 1.54) is 12.1 Å². The molecule has 1 saturated heterocycles. The average molecular weight is 444 g/mol. The molecule has 0 atom stereocenters. The highest BCUT2D eigenvalue weighted by atomic mass is 16.6. The summed E-state index contributed by atoms with van der Waals surface area (Å²) < 4.78 is 16.6. The summed E-state index contributed by atoms with van der Waals surface area (Å²) in [5.41, 5.74) is 0.715. The quantitative estimate of drug-likeness (QED) is 0.421. The maximum Gasteiger partial charge on any atom is 0.310 e. The van der Waals surface area contributed by atoms with Gasteiger partial charge in [0.05, 0.1) is 4.92 Å². The van der Waals surface area contributed by atoms with Crippen molar-refractivity contribution in [1.82, 2.24) is 10.2 Å². The molecule has 1 N–H and O–H groups in total. The van der Waals surface area contributed by atoms with Crippen LogP contribution in [0.1, 0.15) is 18.4 Å². The molecule has 3 rings (SSSR count). The Bertz CT molecular complexity index is 901. The lowest BCUT2D eigenvalue weighted by atomic mass is 10.1. The number of nitro benzene ring substituents is 1. The molecule has 0 bridgehead atoms. The molecule has 9 nitrogen and oxygen atoms in total. The number of para-hydroxylation sites is 2. The minimum absolute atomic E-state index is 0.0637. The summed E-state index contributed by atoms with van der Waals surface area (Å²) in [4.78, 5) is 24.9. The third kappa shape index (κ3) is 7.21. The molecule has 0 unspecified atom stereocenters. The molecule has 172 valence electrons. The van der Waals surface area contributed by atoms with Crippen molar-refractivity contribution in [3.63, 3.8) is 0 Å². The minimum Gasteiger partial charge on any atom is -0.492 e. The van der Waals surface area contributed by atoms with E-state index < -0.39 is 4.92 Å². The number of ether oxygens (including phenoxy) is 3. The molecule has 0 spiro atoms. The predicted octanol–water partition coefficient (Wildman–Crippen LogP) is 2.78. The molecule has 0 aliphatic carbocycles. The van der Waals surface area contributed by atoms with Crippen LogP contribution in [-0.4, -0.2) is 61.8 Å². The van der Waals surface area contributed by atoms with Gasteiger partial charge in [0, 0.05) is 38.4 Å². The van der Waals surface area contributed by atoms with Gasteiger partial charge in [-0.3, -0.25) is 19.8 Å². The van der Waals surface area contributed by atoms with E-state index in [1.807, 2.05) is 24.3 Å².